The molecule has 3 heteroatoms. The molecule has 0 aromatic rings. The third-order valence-electron chi connectivity index (χ3n) is 2.17. The van der Waals surface area contributed by atoms with Crippen molar-refractivity contribution >= 4 is 0 Å². The fourth-order valence-corrected chi connectivity index (χ4v) is 1.12. The molecule has 0 radical (unpaired) electrons. The van der Waals surface area contributed by atoms with E-state index in [0.29, 0.717) is 25.2 Å². The van der Waals surface area contributed by atoms with Gasteiger partial charge < -0.3 is 15.2 Å². The topological polar surface area (TPSA) is 41.5 Å². The van der Waals surface area contributed by atoms with E-state index in [0.717, 1.165) is 13.0 Å². The van der Waals surface area contributed by atoms with Crippen LogP contribution in [0, 0.1) is 5.41 Å². The Bertz CT molecular complexity index is 161. The van der Waals surface area contributed by atoms with E-state index in [2.05, 4.69) is 26.1 Å². The van der Waals surface area contributed by atoms with Crippen molar-refractivity contribution in [3.63, 3.8) is 0 Å². The largest absolute Gasteiger partial charge is 0.386 e. The fraction of sp³-hybridized carbons (Fsp3) is 1.00. The lowest BCUT2D eigenvalue weighted by Crippen LogP contribution is -2.42. The molecule has 0 aliphatic rings. The second-order valence-electron chi connectivity index (χ2n) is 5.64. The lowest BCUT2D eigenvalue weighted by Gasteiger charge is -2.24. The molecule has 1 unspecified atom stereocenters. The normalized spacial score (nSPS) is 16.4. The van der Waals surface area contributed by atoms with E-state index in [9.17, 15) is 5.11 Å². The number of rotatable bonds is 7. The van der Waals surface area contributed by atoms with Crippen LogP contribution in [0.4, 0.5) is 0 Å². The molecule has 0 aromatic carbocycles. The maximum atomic E-state index is 9.89. The number of hydrogen-bond acceptors (Lipinski definition) is 3. The molecule has 0 bridgehead atoms. The van der Waals surface area contributed by atoms with Gasteiger partial charge in [-0.05, 0) is 25.3 Å². The van der Waals surface area contributed by atoms with Crippen LogP contribution >= 0.6 is 0 Å². The molecule has 92 valence electrons. The predicted octanol–water partition coefficient (Wildman–Crippen LogP) is 1.80. The number of ether oxygens (including phenoxy) is 1. The molecule has 0 amide bonds. The van der Waals surface area contributed by atoms with Gasteiger partial charge in [-0.3, -0.25) is 0 Å². The van der Waals surface area contributed by atoms with Crippen molar-refractivity contribution in [2.75, 3.05) is 26.3 Å². The lowest BCUT2D eigenvalue weighted by atomic mass is 9.93. The molecule has 0 aliphatic heterocycles. The summed E-state index contributed by atoms with van der Waals surface area (Å²) < 4.78 is 5.48. The summed E-state index contributed by atoms with van der Waals surface area (Å²) in [5.74, 6) is 0. The lowest BCUT2D eigenvalue weighted by molar-refractivity contribution is -0.0367. The zero-order valence-corrected chi connectivity index (χ0v) is 10.9. The Kier molecular flexibility index (Phi) is 6.41. The highest BCUT2D eigenvalue weighted by Crippen LogP contribution is 2.18. The van der Waals surface area contributed by atoms with E-state index in [-0.39, 0.29) is 0 Å². The summed E-state index contributed by atoms with van der Waals surface area (Å²) >= 11 is 0. The molecular weight excluding hydrogens is 190 g/mol. The highest BCUT2D eigenvalue weighted by molar-refractivity contribution is 4.74. The SMILES string of the molecule is CCNCC(C)(O)COCCC(C)(C)C. The Morgan fingerprint density at radius 1 is 1.20 bits per heavy atom. The van der Waals surface area contributed by atoms with Crippen molar-refractivity contribution in [2.45, 2.75) is 46.6 Å². The molecule has 0 aromatic heterocycles. The van der Waals surface area contributed by atoms with E-state index in [4.69, 9.17) is 4.74 Å². The number of aliphatic hydroxyl groups is 1. The number of hydrogen-bond donors (Lipinski definition) is 2. The van der Waals surface area contributed by atoms with Crippen LogP contribution in [0.2, 0.25) is 0 Å². The summed E-state index contributed by atoms with van der Waals surface area (Å²) in [6.45, 7) is 13.0. The summed E-state index contributed by atoms with van der Waals surface area (Å²) in [6.07, 6.45) is 1.02. The molecule has 3 nitrogen and oxygen atoms in total. The van der Waals surface area contributed by atoms with Crippen LogP contribution < -0.4 is 5.32 Å². The molecule has 15 heavy (non-hydrogen) atoms. The second kappa shape index (κ2) is 6.46. The van der Waals surface area contributed by atoms with Crippen LogP contribution in [-0.4, -0.2) is 37.0 Å². The highest BCUT2D eigenvalue weighted by atomic mass is 16.5. The van der Waals surface area contributed by atoms with Crippen LogP contribution in [0.5, 0.6) is 0 Å². The first kappa shape index (κ1) is 14.9. The van der Waals surface area contributed by atoms with Gasteiger partial charge in [-0.15, -0.1) is 0 Å². The molecule has 2 N–H and O–H groups in total. The summed E-state index contributed by atoms with van der Waals surface area (Å²) in [5, 5.41) is 13.0. The Morgan fingerprint density at radius 3 is 2.27 bits per heavy atom. The fourth-order valence-electron chi connectivity index (χ4n) is 1.12. The minimum atomic E-state index is -0.756. The smallest absolute Gasteiger partial charge is 0.0975 e. The van der Waals surface area contributed by atoms with Crippen molar-refractivity contribution in [2.24, 2.45) is 5.41 Å². The molecule has 0 fully saturated rings. The van der Waals surface area contributed by atoms with E-state index in [1.54, 1.807) is 6.92 Å². The quantitative estimate of drug-likeness (QED) is 0.639. The third kappa shape index (κ3) is 10.2. The average molecular weight is 217 g/mol. The summed E-state index contributed by atoms with van der Waals surface area (Å²) in [5.41, 5.74) is -0.457. The Hall–Kier alpha value is -0.120. The first-order valence-corrected chi connectivity index (χ1v) is 5.78. The van der Waals surface area contributed by atoms with Gasteiger partial charge in [0.25, 0.3) is 0 Å². The standard InChI is InChI=1S/C12H27NO2/c1-6-13-9-12(5,14)10-15-8-7-11(2,3)4/h13-14H,6-10H2,1-5H3. The first-order chi connectivity index (χ1) is 6.77. The summed E-state index contributed by atoms with van der Waals surface area (Å²) in [6, 6.07) is 0. The number of nitrogens with one attached hydrogen (secondary N) is 1. The average Bonchev–Trinajstić information content (AvgIpc) is 2.08. The first-order valence-electron chi connectivity index (χ1n) is 5.78. The molecule has 0 spiro atoms. The highest BCUT2D eigenvalue weighted by Gasteiger charge is 2.20. The van der Waals surface area contributed by atoms with Gasteiger partial charge in [0.2, 0.25) is 0 Å². The van der Waals surface area contributed by atoms with Gasteiger partial charge in [0, 0.05) is 13.2 Å². The molecule has 0 rings (SSSR count). The zero-order chi connectivity index (χ0) is 11.9. The van der Waals surface area contributed by atoms with Crippen molar-refractivity contribution in [1.29, 1.82) is 0 Å². The van der Waals surface area contributed by atoms with Gasteiger partial charge in [-0.2, -0.15) is 0 Å². The Balaban J connectivity index is 3.57. The van der Waals surface area contributed by atoms with Crippen molar-refractivity contribution in [1.82, 2.24) is 5.32 Å². The van der Waals surface area contributed by atoms with Crippen LogP contribution in [0.3, 0.4) is 0 Å². The van der Waals surface area contributed by atoms with Crippen LogP contribution in [0.25, 0.3) is 0 Å². The van der Waals surface area contributed by atoms with E-state index >= 15 is 0 Å². The minimum Gasteiger partial charge on any atom is -0.386 e. The van der Waals surface area contributed by atoms with E-state index in [1.165, 1.54) is 0 Å². The van der Waals surface area contributed by atoms with Gasteiger partial charge in [0.1, 0.15) is 0 Å². The monoisotopic (exact) mass is 217 g/mol. The van der Waals surface area contributed by atoms with Gasteiger partial charge in [0.05, 0.1) is 12.2 Å². The summed E-state index contributed by atoms with van der Waals surface area (Å²) in [7, 11) is 0. The van der Waals surface area contributed by atoms with Crippen LogP contribution in [0.1, 0.15) is 41.0 Å². The Labute approximate surface area is 94.2 Å². The van der Waals surface area contributed by atoms with Crippen molar-refractivity contribution in [3.8, 4) is 0 Å². The van der Waals surface area contributed by atoms with E-state index in [1.807, 2.05) is 6.92 Å². The molecule has 0 heterocycles. The van der Waals surface area contributed by atoms with Gasteiger partial charge in [-0.1, -0.05) is 27.7 Å². The van der Waals surface area contributed by atoms with Gasteiger partial charge in [0.15, 0.2) is 0 Å². The van der Waals surface area contributed by atoms with Gasteiger partial charge in [-0.25, -0.2) is 0 Å². The summed E-state index contributed by atoms with van der Waals surface area (Å²) in [4.78, 5) is 0. The van der Waals surface area contributed by atoms with Crippen molar-refractivity contribution in [3.05, 3.63) is 0 Å². The Morgan fingerprint density at radius 2 is 1.80 bits per heavy atom. The zero-order valence-electron chi connectivity index (χ0n) is 10.9. The molecule has 0 saturated carbocycles. The van der Waals surface area contributed by atoms with Crippen molar-refractivity contribution < 1.29 is 9.84 Å². The number of likely N-dealkylation sites (N-methyl/N-ethyl adjacent to an activating group) is 1. The second-order valence-corrected chi connectivity index (χ2v) is 5.64. The predicted molar refractivity (Wildman–Crippen MR) is 64.1 cm³/mol. The maximum absolute atomic E-state index is 9.89. The molecule has 1 atom stereocenters. The molecule has 0 saturated heterocycles. The third-order valence-corrected chi connectivity index (χ3v) is 2.17. The molecule has 0 aliphatic carbocycles. The molecular formula is C12H27NO2. The van der Waals surface area contributed by atoms with Crippen LogP contribution in [0.15, 0.2) is 0 Å². The minimum absolute atomic E-state index is 0.299. The van der Waals surface area contributed by atoms with Gasteiger partial charge >= 0.3 is 0 Å². The van der Waals surface area contributed by atoms with Crippen LogP contribution in [-0.2, 0) is 4.74 Å². The maximum Gasteiger partial charge on any atom is 0.0975 e. The van der Waals surface area contributed by atoms with E-state index < -0.39 is 5.60 Å².